The molecular formula is C21H20N4O2S. The van der Waals surface area contributed by atoms with Crippen LogP contribution in [0.3, 0.4) is 0 Å². The number of fused-ring (bicyclic) bond motifs is 1. The second-order valence-corrected chi connectivity index (χ2v) is 8.37. The summed E-state index contributed by atoms with van der Waals surface area (Å²) in [4.78, 5) is 4.53. The normalized spacial score (nSPS) is 11.8. The molecule has 0 saturated heterocycles. The molecule has 2 aromatic heterocycles. The number of hydrogen-bond donors (Lipinski definition) is 1. The highest BCUT2D eigenvalue weighted by Crippen LogP contribution is 2.22. The van der Waals surface area contributed by atoms with E-state index in [4.69, 9.17) is 0 Å². The Kier molecular flexibility index (Phi) is 4.93. The first kappa shape index (κ1) is 18.3. The smallest absolute Gasteiger partial charge is 0.243 e. The van der Waals surface area contributed by atoms with Crippen LogP contribution in [0.2, 0.25) is 0 Å². The number of nitrogens with one attached hydrogen (secondary N) is 1. The van der Waals surface area contributed by atoms with E-state index in [1.165, 1.54) is 0 Å². The molecule has 0 fully saturated rings. The molecule has 0 amide bonds. The van der Waals surface area contributed by atoms with E-state index in [-0.39, 0.29) is 11.4 Å². The third kappa shape index (κ3) is 3.81. The number of hydrogen-bond acceptors (Lipinski definition) is 4. The quantitative estimate of drug-likeness (QED) is 0.546. The van der Waals surface area contributed by atoms with Crippen LogP contribution in [-0.4, -0.2) is 23.2 Å². The summed E-state index contributed by atoms with van der Waals surface area (Å²) in [6.07, 6.45) is 5.28. The van der Waals surface area contributed by atoms with Crippen LogP contribution in [-0.2, 0) is 23.1 Å². The highest BCUT2D eigenvalue weighted by molar-refractivity contribution is 7.89. The molecule has 2 heterocycles. The molecule has 28 heavy (non-hydrogen) atoms. The summed E-state index contributed by atoms with van der Waals surface area (Å²) in [5.41, 5.74) is 3.39. The number of sulfonamides is 1. The standard InChI is InChI=1S/C21H20N4O2S/c1-16-12-17-8-4-9-20(21(17)22-13-16)28(26,27)24-14-18-6-2-3-7-19(18)15-25-11-5-10-23-25/h2-13,24H,14-15H2,1H3. The average molecular weight is 392 g/mol. The van der Waals surface area contributed by atoms with Gasteiger partial charge in [0, 0.05) is 30.5 Å². The van der Waals surface area contributed by atoms with Crippen LogP contribution in [0.25, 0.3) is 10.9 Å². The van der Waals surface area contributed by atoms with Crippen molar-refractivity contribution in [2.75, 3.05) is 0 Å². The van der Waals surface area contributed by atoms with Crippen LogP contribution in [0, 0.1) is 6.92 Å². The Morgan fingerprint density at radius 1 is 1.04 bits per heavy atom. The minimum atomic E-state index is -3.71. The Bertz CT molecular complexity index is 1220. The predicted molar refractivity (Wildman–Crippen MR) is 108 cm³/mol. The van der Waals surface area contributed by atoms with Crippen LogP contribution in [0.5, 0.6) is 0 Å². The highest BCUT2D eigenvalue weighted by atomic mass is 32.2. The summed E-state index contributed by atoms with van der Waals surface area (Å²) in [5, 5.41) is 5.03. The molecule has 6 nitrogen and oxygen atoms in total. The van der Waals surface area contributed by atoms with Gasteiger partial charge in [-0.15, -0.1) is 0 Å². The van der Waals surface area contributed by atoms with E-state index in [0.717, 1.165) is 22.1 Å². The molecule has 0 atom stereocenters. The maximum absolute atomic E-state index is 13.0. The monoisotopic (exact) mass is 392 g/mol. The lowest BCUT2D eigenvalue weighted by molar-refractivity contribution is 0.581. The van der Waals surface area contributed by atoms with Crippen LogP contribution in [0.15, 0.2) is 78.1 Å². The van der Waals surface area contributed by atoms with Crippen molar-refractivity contribution < 1.29 is 8.42 Å². The van der Waals surface area contributed by atoms with Crippen molar-refractivity contribution in [1.29, 1.82) is 0 Å². The summed E-state index contributed by atoms with van der Waals surface area (Å²) < 4.78 is 30.5. The SMILES string of the molecule is Cc1cnc2c(S(=O)(=O)NCc3ccccc3Cn3cccn3)cccc2c1. The molecule has 2 aromatic carbocycles. The fourth-order valence-corrected chi connectivity index (χ4v) is 4.35. The zero-order chi connectivity index (χ0) is 19.6. The van der Waals surface area contributed by atoms with Gasteiger partial charge in [-0.25, -0.2) is 13.1 Å². The number of pyridine rings is 1. The minimum absolute atomic E-state index is 0.189. The summed E-state index contributed by atoms with van der Waals surface area (Å²) in [6.45, 7) is 2.71. The van der Waals surface area contributed by atoms with Gasteiger partial charge in [-0.1, -0.05) is 36.4 Å². The van der Waals surface area contributed by atoms with E-state index in [1.807, 2.05) is 60.3 Å². The number of para-hydroxylation sites is 1. The van der Waals surface area contributed by atoms with Gasteiger partial charge < -0.3 is 0 Å². The fourth-order valence-electron chi connectivity index (χ4n) is 3.16. The lowest BCUT2D eigenvalue weighted by Gasteiger charge is -2.12. The maximum atomic E-state index is 13.0. The van der Waals surface area contributed by atoms with Crippen LogP contribution >= 0.6 is 0 Å². The van der Waals surface area contributed by atoms with E-state index >= 15 is 0 Å². The number of rotatable bonds is 6. The molecule has 0 aliphatic rings. The first-order valence-corrected chi connectivity index (χ1v) is 10.4. The van der Waals surface area contributed by atoms with Gasteiger partial charge in [0.1, 0.15) is 4.90 Å². The molecule has 0 radical (unpaired) electrons. The van der Waals surface area contributed by atoms with E-state index in [0.29, 0.717) is 12.1 Å². The summed E-state index contributed by atoms with van der Waals surface area (Å²) in [6, 6.07) is 16.7. The van der Waals surface area contributed by atoms with Gasteiger partial charge in [-0.05, 0) is 41.8 Å². The molecule has 0 bridgehead atoms. The Hall–Kier alpha value is -3.03. The minimum Gasteiger partial charge on any atom is -0.268 e. The van der Waals surface area contributed by atoms with E-state index in [1.54, 1.807) is 24.5 Å². The van der Waals surface area contributed by atoms with Gasteiger partial charge >= 0.3 is 0 Å². The molecule has 0 aliphatic carbocycles. The molecule has 0 saturated carbocycles. The zero-order valence-corrected chi connectivity index (χ0v) is 16.2. The van der Waals surface area contributed by atoms with Gasteiger partial charge in [0.15, 0.2) is 0 Å². The molecule has 0 unspecified atom stereocenters. The van der Waals surface area contributed by atoms with Crippen molar-refractivity contribution in [3.63, 3.8) is 0 Å². The second kappa shape index (κ2) is 7.53. The summed E-state index contributed by atoms with van der Waals surface area (Å²) >= 11 is 0. The molecule has 7 heteroatoms. The van der Waals surface area contributed by atoms with Crippen molar-refractivity contribution in [1.82, 2.24) is 19.5 Å². The zero-order valence-electron chi connectivity index (χ0n) is 15.4. The maximum Gasteiger partial charge on any atom is 0.243 e. The fraction of sp³-hybridized carbons (Fsp3) is 0.143. The first-order valence-electron chi connectivity index (χ1n) is 8.92. The third-order valence-corrected chi connectivity index (χ3v) is 6.00. The summed E-state index contributed by atoms with van der Waals surface area (Å²) in [7, 11) is -3.71. The largest absolute Gasteiger partial charge is 0.268 e. The molecule has 4 aromatic rings. The Labute approximate surface area is 163 Å². The van der Waals surface area contributed by atoms with Crippen LogP contribution < -0.4 is 4.72 Å². The summed E-state index contributed by atoms with van der Waals surface area (Å²) in [5.74, 6) is 0. The molecule has 4 rings (SSSR count). The molecular weight excluding hydrogens is 372 g/mol. The number of aromatic nitrogens is 3. The van der Waals surface area contributed by atoms with Gasteiger partial charge in [0.25, 0.3) is 0 Å². The molecule has 0 aliphatic heterocycles. The van der Waals surface area contributed by atoms with Crippen molar-refractivity contribution in [3.8, 4) is 0 Å². The Morgan fingerprint density at radius 3 is 2.64 bits per heavy atom. The number of benzene rings is 2. The van der Waals surface area contributed by atoms with E-state index < -0.39 is 10.0 Å². The highest BCUT2D eigenvalue weighted by Gasteiger charge is 2.18. The number of aryl methyl sites for hydroxylation is 1. The molecule has 0 spiro atoms. The van der Waals surface area contributed by atoms with Crippen molar-refractivity contribution in [3.05, 3.63) is 89.9 Å². The van der Waals surface area contributed by atoms with Gasteiger partial charge in [0.05, 0.1) is 12.1 Å². The first-order chi connectivity index (χ1) is 13.5. The van der Waals surface area contributed by atoms with Crippen LogP contribution in [0.4, 0.5) is 0 Å². The van der Waals surface area contributed by atoms with E-state index in [2.05, 4.69) is 14.8 Å². The third-order valence-electron chi connectivity index (χ3n) is 4.56. The van der Waals surface area contributed by atoms with Crippen molar-refractivity contribution >= 4 is 20.9 Å². The molecule has 1 N–H and O–H groups in total. The number of nitrogens with zero attached hydrogens (tertiary/aromatic N) is 3. The predicted octanol–water partition coefficient (Wildman–Crippen LogP) is 3.27. The lowest BCUT2D eigenvalue weighted by atomic mass is 10.1. The topological polar surface area (TPSA) is 76.9 Å². The van der Waals surface area contributed by atoms with Crippen molar-refractivity contribution in [2.45, 2.75) is 24.9 Å². The van der Waals surface area contributed by atoms with Gasteiger partial charge in [0.2, 0.25) is 10.0 Å². The van der Waals surface area contributed by atoms with Gasteiger partial charge in [-0.3, -0.25) is 9.67 Å². The Morgan fingerprint density at radius 2 is 1.86 bits per heavy atom. The van der Waals surface area contributed by atoms with Crippen molar-refractivity contribution in [2.24, 2.45) is 0 Å². The van der Waals surface area contributed by atoms with Gasteiger partial charge in [-0.2, -0.15) is 5.10 Å². The second-order valence-electron chi connectivity index (χ2n) is 6.64. The van der Waals surface area contributed by atoms with Crippen LogP contribution in [0.1, 0.15) is 16.7 Å². The Balaban J connectivity index is 1.60. The van der Waals surface area contributed by atoms with E-state index in [9.17, 15) is 8.42 Å². The average Bonchev–Trinajstić information content (AvgIpc) is 3.20. The molecule has 142 valence electrons. The lowest BCUT2D eigenvalue weighted by Crippen LogP contribution is -2.24.